The highest BCUT2D eigenvalue weighted by Crippen LogP contribution is 2.63. The molecule has 2 saturated carbocycles. The Bertz CT molecular complexity index is 1680. The first-order valence-electron chi connectivity index (χ1n) is 18.4. The van der Waals surface area contributed by atoms with Gasteiger partial charge in [-0.1, -0.05) is 80.5 Å². The van der Waals surface area contributed by atoms with E-state index in [0.29, 0.717) is 41.0 Å². The Morgan fingerprint density at radius 2 is 1.76 bits per heavy atom. The molecule has 3 aliphatic carbocycles. The molecule has 3 aliphatic rings. The van der Waals surface area contributed by atoms with Crippen molar-refractivity contribution in [3.8, 4) is 5.75 Å². The maximum atomic E-state index is 13.1. The van der Waals surface area contributed by atoms with Crippen molar-refractivity contribution in [3.63, 3.8) is 0 Å². The van der Waals surface area contributed by atoms with Crippen LogP contribution in [0.3, 0.4) is 0 Å². The van der Waals surface area contributed by atoms with Gasteiger partial charge in [0.1, 0.15) is 12.9 Å². The van der Waals surface area contributed by atoms with E-state index in [-0.39, 0.29) is 16.7 Å². The average molecular weight is 746 g/mol. The van der Waals surface area contributed by atoms with Crippen LogP contribution in [0.1, 0.15) is 135 Å². The fourth-order valence-corrected chi connectivity index (χ4v) is 11.4. The Morgan fingerprint density at radius 1 is 1.10 bits per heavy atom. The Kier molecular flexibility index (Phi) is 10.8. The summed E-state index contributed by atoms with van der Waals surface area (Å²) in [7, 11) is -3.33. The van der Waals surface area contributed by atoms with Crippen LogP contribution in [-0.2, 0) is 30.6 Å². The number of aryl methyl sites for hydroxylation is 2. The molecule has 1 aromatic heterocycles. The maximum Gasteiger partial charge on any atom is 0.472 e. The zero-order valence-electron chi connectivity index (χ0n) is 32.7. The highest BCUT2D eigenvalue weighted by Gasteiger charge is 2.60. The van der Waals surface area contributed by atoms with Gasteiger partial charge in [0.25, 0.3) is 0 Å². The lowest BCUT2D eigenvalue weighted by Crippen LogP contribution is -2.59. The van der Waals surface area contributed by atoms with Gasteiger partial charge in [0, 0.05) is 33.7 Å². The normalized spacial score (nSPS) is 26.4. The van der Waals surface area contributed by atoms with Crippen LogP contribution in [0, 0.1) is 40.9 Å². The number of nitrogens with zero attached hydrogens (tertiary/aromatic N) is 2. The van der Waals surface area contributed by atoms with Gasteiger partial charge in [0.15, 0.2) is 5.13 Å². The molecular weight excluding hydrogens is 685 g/mol. The van der Waals surface area contributed by atoms with Crippen LogP contribution < -0.4 is 10.1 Å². The molecule has 284 valence electrons. The molecule has 12 heteroatoms. The molecule has 3 N–H and O–H groups in total. The average Bonchev–Trinajstić information content (AvgIpc) is 3.52. The van der Waals surface area contributed by atoms with E-state index in [0.717, 1.165) is 54.7 Å². The quantitative estimate of drug-likeness (QED) is 0.131. The van der Waals surface area contributed by atoms with E-state index in [2.05, 4.69) is 55.3 Å². The third kappa shape index (κ3) is 7.84. The summed E-state index contributed by atoms with van der Waals surface area (Å²) >= 11 is 1.49. The Labute approximate surface area is 308 Å². The van der Waals surface area contributed by atoms with Crippen LogP contribution in [0.15, 0.2) is 23.5 Å². The molecule has 2 fully saturated rings. The van der Waals surface area contributed by atoms with Crippen LogP contribution in [-0.4, -0.2) is 39.3 Å². The lowest BCUT2D eigenvalue weighted by molar-refractivity contribution is -0.255. The summed E-state index contributed by atoms with van der Waals surface area (Å²) in [6.07, 6.45) is 7.67. The van der Waals surface area contributed by atoms with E-state index in [1.165, 1.54) is 22.5 Å². The summed E-state index contributed by atoms with van der Waals surface area (Å²) in [5.41, 5.74) is 2.63. The van der Waals surface area contributed by atoms with Crippen molar-refractivity contribution in [2.24, 2.45) is 39.2 Å². The fraction of sp³-hybridized carbons (Fsp3) is 0.718. The second-order valence-electron chi connectivity index (χ2n) is 18.4. The van der Waals surface area contributed by atoms with Crippen molar-refractivity contribution in [1.29, 1.82) is 0 Å². The zero-order valence-corrected chi connectivity index (χ0v) is 34.4. The zero-order chi connectivity index (χ0) is 37.9. The van der Waals surface area contributed by atoms with Gasteiger partial charge in [-0.15, -0.1) is 11.3 Å². The molecule has 1 heterocycles. The van der Waals surface area contributed by atoms with Crippen molar-refractivity contribution in [1.82, 2.24) is 4.98 Å². The summed E-state index contributed by atoms with van der Waals surface area (Å²) < 4.78 is 25.2. The number of carbonyl (C=O) groups is 1. The van der Waals surface area contributed by atoms with Crippen molar-refractivity contribution < 1.29 is 33.2 Å². The van der Waals surface area contributed by atoms with Gasteiger partial charge >= 0.3 is 7.82 Å². The Morgan fingerprint density at radius 3 is 2.31 bits per heavy atom. The molecule has 0 spiro atoms. The number of amides is 1. The van der Waals surface area contributed by atoms with Crippen LogP contribution in [0.25, 0.3) is 0 Å². The number of phosphoric acid groups is 1. The van der Waals surface area contributed by atoms with E-state index < -0.39 is 24.4 Å². The molecule has 0 saturated heterocycles. The summed E-state index contributed by atoms with van der Waals surface area (Å²) in [5, 5.41) is 8.23. The molecule has 1 aromatic carbocycles. The number of hydrogen-bond acceptors (Lipinski definition) is 8. The summed E-state index contributed by atoms with van der Waals surface area (Å²) in [4.78, 5) is 44.2. The monoisotopic (exact) mass is 745 g/mol. The lowest BCUT2D eigenvalue weighted by atomic mass is 9.53. The number of oxime groups is 1. The van der Waals surface area contributed by atoms with E-state index in [9.17, 15) is 19.1 Å². The van der Waals surface area contributed by atoms with Crippen LogP contribution >= 0.6 is 19.2 Å². The number of benzene rings is 1. The van der Waals surface area contributed by atoms with Gasteiger partial charge in [-0.25, -0.2) is 14.1 Å². The first kappa shape index (κ1) is 39.9. The van der Waals surface area contributed by atoms with Crippen molar-refractivity contribution in [2.75, 3.05) is 12.4 Å². The molecule has 5 atom stereocenters. The minimum absolute atomic E-state index is 0.00352. The molecule has 0 radical (unpaired) electrons. The number of hydrogen-bond donors (Lipinski definition) is 3. The maximum absolute atomic E-state index is 13.1. The van der Waals surface area contributed by atoms with Gasteiger partial charge in [0.2, 0.25) is 11.7 Å². The van der Waals surface area contributed by atoms with Gasteiger partial charge in [-0.3, -0.25) is 4.79 Å². The largest absolute Gasteiger partial charge is 0.472 e. The minimum Gasteiger partial charge on any atom is -0.460 e. The van der Waals surface area contributed by atoms with E-state index in [1.807, 2.05) is 48.5 Å². The Hall–Kier alpha value is -2.30. The fourth-order valence-electron chi connectivity index (χ4n) is 9.82. The molecule has 3 unspecified atom stereocenters. The first-order chi connectivity index (χ1) is 23.4. The van der Waals surface area contributed by atoms with Gasteiger partial charge < -0.3 is 24.7 Å². The molecule has 51 heavy (non-hydrogen) atoms. The van der Waals surface area contributed by atoms with Crippen LogP contribution in [0.2, 0.25) is 0 Å². The predicted octanol–water partition coefficient (Wildman–Crippen LogP) is 9.53. The topological polar surface area (TPSA) is 140 Å². The van der Waals surface area contributed by atoms with Crippen LogP contribution in [0.5, 0.6) is 5.75 Å². The smallest absolute Gasteiger partial charge is 0.460 e. The van der Waals surface area contributed by atoms with E-state index in [1.54, 1.807) is 13.3 Å². The number of rotatable bonds is 9. The number of anilines is 1. The third-order valence-corrected chi connectivity index (χ3v) is 13.1. The number of carbonyl (C=O) groups excluding carboxylic acids is 1. The van der Waals surface area contributed by atoms with Gasteiger partial charge in [-0.05, 0) is 97.3 Å². The summed E-state index contributed by atoms with van der Waals surface area (Å²) in [6.45, 7) is 22.2. The van der Waals surface area contributed by atoms with Crippen molar-refractivity contribution in [2.45, 2.75) is 138 Å². The Balaban J connectivity index is 1.52. The summed E-state index contributed by atoms with van der Waals surface area (Å²) in [6, 6.07) is 4.44. The number of fused-ring (bicyclic) bond motifs is 5. The molecule has 10 nitrogen and oxygen atoms in total. The highest BCUT2D eigenvalue weighted by molar-refractivity contribution is 7.46. The predicted molar refractivity (Wildman–Crippen MR) is 203 cm³/mol. The standard InChI is InChI=1S/C39H60N3O7PS/c1-23-22-40-34(51-23)41-32(43)16-14-25-20-31(42-47-12)38(11)18-17-26-27(33(25)38)15-13-24-19-30(29(21-28(24)26)35(2,3)4)48-39(36(5,6)7,37(8,9)10)49-50(44,45)46/h19,21-22,25-27,33H,13-18,20H2,1-12H3,(H,40,41,43)(H2,44,45,46)/b42-31+/t25-,26?,27?,33?,38-/m1/s1. The van der Waals surface area contributed by atoms with Crippen LogP contribution in [0.4, 0.5) is 5.13 Å². The second kappa shape index (κ2) is 13.8. The molecular formula is C39H60N3O7PS. The van der Waals surface area contributed by atoms with Crippen molar-refractivity contribution >= 4 is 35.9 Å². The molecule has 0 bridgehead atoms. The molecule has 5 rings (SSSR count). The van der Waals surface area contributed by atoms with Gasteiger partial charge in [-0.2, -0.15) is 0 Å². The lowest BCUT2D eigenvalue weighted by Gasteiger charge is -2.52. The SMILES string of the molecule is CO/N=C1\C[C@@H](CCC(=O)Nc2ncc(C)s2)C2C3CCc4cc(OC(OP(=O)(O)O)(C(C)(C)C)C(C)(C)C)c(C(C)(C)C)cc4C3CC[C@]12C. The van der Waals surface area contributed by atoms with E-state index >= 15 is 0 Å². The second-order valence-corrected chi connectivity index (χ2v) is 20.8. The number of nitrogens with one attached hydrogen (secondary N) is 1. The molecule has 0 aliphatic heterocycles. The number of ether oxygens (including phenoxy) is 1. The van der Waals surface area contributed by atoms with E-state index in [4.69, 9.17) is 14.1 Å². The van der Waals surface area contributed by atoms with Gasteiger partial charge in [0.05, 0.1) is 5.71 Å². The summed E-state index contributed by atoms with van der Waals surface area (Å²) in [5.74, 6) is 0.361. The highest BCUT2D eigenvalue weighted by atomic mass is 32.1. The number of phosphoric ester groups is 1. The number of aromatic nitrogens is 1. The minimum atomic E-state index is -4.95. The first-order valence-corrected chi connectivity index (χ1v) is 20.7. The molecule has 2 aromatic rings. The number of thiazole rings is 1. The van der Waals surface area contributed by atoms with Crippen molar-refractivity contribution in [3.05, 3.63) is 39.9 Å². The molecule has 1 amide bonds. The third-order valence-electron chi connectivity index (χ3n) is 11.8.